The summed E-state index contributed by atoms with van der Waals surface area (Å²) in [6.07, 6.45) is 4.01. The average Bonchev–Trinajstić information content (AvgIpc) is 3.68. The van der Waals surface area contributed by atoms with E-state index in [1.165, 1.54) is 0 Å². The molecule has 0 radical (unpaired) electrons. The minimum absolute atomic E-state index is 0.00301. The Morgan fingerprint density at radius 3 is 3.02 bits per heavy atom. The number of aromatic amines is 1. The summed E-state index contributed by atoms with van der Waals surface area (Å²) in [4.78, 5) is 30.9. The molecule has 3 saturated heterocycles. The first-order valence-electron chi connectivity index (χ1n) is 15.6. The van der Waals surface area contributed by atoms with E-state index >= 15 is 4.39 Å². The van der Waals surface area contributed by atoms with Gasteiger partial charge in [0.15, 0.2) is 5.82 Å². The van der Waals surface area contributed by atoms with E-state index < -0.39 is 29.8 Å². The summed E-state index contributed by atoms with van der Waals surface area (Å²) in [5.74, 6) is 1.08. The standard InChI is InChI=1S/C31H32ClF2N7O4S/c32-22-9-23-20(12-36-39-23)24-19(22)3-1-7-43-30(42)45-18-14-40(6-8-46-15-18)28-21-11-35-27(24)25(34)26(21)37-29(38-28)44-16-31-4-2-5-41(31)13-17(33)10-31/h9,11-12,17-18H,1-8,10,13-16H2,(H,36,39)/t17-,18-,31+/m1/s1. The van der Waals surface area contributed by atoms with Gasteiger partial charge in [0.2, 0.25) is 0 Å². The molecule has 3 fully saturated rings. The van der Waals surface area contributed by atoms with Crippen molar-refractivity contribution < 1.29 is 27.8 Å². The first-order chi connectivity index (χ1) is 22.4. The number of nitrogens with one attached hydrogen (secondary N) is 1. The Hall–Kier alpha value is -3.49. The molecule has 5 aliphatic rings. The second-order valence-electron chi connectivity index (χ2n) is 12.4. The number of hydrogen-bond donors (Lipinski definition) is 1. The maximum atomic E-state index is 17.0. The summed E-state index contributed by atoms with van der Waals surface area (Å²) in [5.41, 5.74) is 1.44. The lowest BCUT2D eigenvalue weighted by molar-refractivity contribution is 0.0323. The molecule has 0 amide bonds. The highest BCUT2D eigenvalue weighted by Gasteiger charge is 2.49. The Morgan fingerprint density at radius 2 is 2.11 bits per heavy atom. The molecule has 0 spiro atoms. The van der Waals surface area contributed by atoms with Crippen molar-refractivity contribution in [3.05, 3.63) is 34.9 Å². The summed E-state index contributed by atoms with van der Waals surface area (Å²) in [5, 5.41) is 8.54. The number of fused-ring (bicyclic) bond motifs is 8. The number of benzene rings is 1. The number of aromatic nitrogens is 5. The molecule has 11 nitrogen and oxygen atoms in total. The molecule has 5 aliphatic heterocycles. The molecular formula is C31H32ClF2N7O4S. The minimum Gasteiger partial charge on any atom is -0.461 e. The van der Waals surface area contributed by atoms with Gasteiger partial charge in [0.05, 0.1) is 35.8 Å². The largest absolute Gasteiger partial charge is 0.508 e. The summed E-state index contributed by atoms with van der Waals surface area (Å²) >= 11 is 8.41. The molecule has 15 heteroatoms. The van der Waals surface area contributed by atoms with E-state index in [2.05, 4.69) is 25.1 Å². The van der Waals surface area contributed by atoms with Gasteiger partial charge in [-0.05, 0) is 43.9 Å². The minimum atomic E-state index is -0.917. The van der Waals surface area contributed by atoms with Gasteiger partial charge in [0, 0.05) is 53.2 Å². The molecule has 4 aromatic rings. The zero-order valence-corrected chi connectivity index (χ0v) is 26.5. The highest BCUT2D eigenvalue weighted by atomic mass is 35.5. The van der Waals surface area contributed by atoms with E-state index in [0.29, 0.717) is 82.9 Å². The van der Waals surface area contributed by atoms with E-state index in [-0.39, 0.29) is 30.4 Å². The van der Waals surface area contributed by atoms with Crippen LogP contribution in [0.2, 0.25) is 5.02 Å². The van der Waals surface area contributed by atoms with E-state index in [1.807, 2.05) is 4.90 Å². The van der Waals surface area contributed by atoms with Crippen LogP contribution < -0.4 is 9.64 Å². The van der Waals surface area contributed by atoms with Crippen LogP contribution in [0.1, 0.15) is 31.2 Å². The molecular weight excluding hydrogens is 640 g/mol. The first-order valence-corrected chi connectivity index (χ1v) is 17.1. The van der Waals surface area contributed by atoms with Crippen molar-refractivity contribution in [3.63, 3.8) is 0 Å². The van der Waals surface area contributed by atoms with Gasteiger partial charge in [0.25, 0.3) is 0 Å². The van der Waals surface area contributed by atoms with E-state index in [9.17, 15) is 9.18 Å². The number of carbonyl (C=O) groups excluding carboxylic acids is 1. The molecule has 3 aromatic heterocycles. The number of anilines is 1. The third-order valence-electron chi connectivity index (χ3n) is 9.50. The van der Waals surface area contributed by atoms with Crippen molar-refractivity contribution in [2.75, 3.05) is 55.8 Å². The number of H-pyrrole nitrogens is 1. The first kappa shape index (κ1) is 29.9. The van der Waals surface area contributed by atoms with Crippen LogP contribution in [0.25, 0.3) is 33.1 Å². The molecule has 0 unspecified atom stereocenters. The lowest BCUT2D eigenvalue weighted by Crippen LogP contribution is -2.43. The topological polar surface area (TPSA) is 119 Å². The third-order valence-corrected chi connectivity index (χ3v) is 10.9. The SMILES string of the molecule is O=C1OCCCc2c(Cl)cc3[nH]ncc3c2-c2ncc3c(nc(OC[C@@]45CCCN4C[C@H](F)C5)nc3c2F)N2CCSC[C@@H](C2)O1. The number of alkyl halides is 1. The normalized spacial score (nSPS) is 25.5. The van der Waals surface area contributed by atoms with Crippen LogP contribution in [0.3, 0.4) is 0 Å². The smallest absolute Gasteiger partial charge is 0.461 e. The number of hydrogen-bond acceptors (Lipinski definition) is 11. The number of thioether (sulfide) groups is 1. The zero-order chi connectivity index (χ0) is 31.4. The number of pyridine rings is 1. The Kier molecular flexibility index (Phi) is 7.76. The monoisotopic (exact) mass is 671 g/mol. The number of ether oxygens (including phenoxy) is 3. The van der Waals surface area contributed by atoms with E-state index in [4.69, 9.17) is 30.8 Å². The summed E-state index contributed by atoms with van der Waals surface area (Å²) < 4.78 is 48.9. The van der Waals surface area contributed by atoms with Crippen LogP contribution in [-0.2, 0) is 15.9 Å². The second kappa shape index (κ2) is 11.9. The summed E-state index contributed by atoms with van der Waals surface area (Å²) in [6, 6.07) is 1.74. The quantitative estimate of drug-likeness (QED) is 0.285. The molecule has 3 atom stereocenters. The Balaban J connectivity index is 1.30. The zero-order valence-electron chi connectivity index (χ0n) is 24.9. The highest BCUT2D eigenvalue weighted by molar-refractivity contribution is 7.99. The second-order valence-corrected chi connectivity index (χ2v) is 13.9. The van der Waals surface area contributed by atoms with Gasteiger partial charge in [-0.25, -0.2) is 13.6 Å². The maximum absolute atomic E-state index is 17.0. The van der Waals surface area contributed by atoms with Crippen LogP contribution in [0.15, 0.2) is 18.5 Å². The van der Waals surface area contributed by atoms with Gasteiger partial charge in [-0.3, -0.25) is 15.0 Å². The van der Waals surface area contributed by atoms with Crippen LogP contribution in [0.4, 0.5) is 19.4 Å². The average molecular weight is 672 g/mol. The Bertz CT molecular complexity index is 1830. The van der Waals surface area contributed by atoms with Gasteiger partial charge < -0.3 is 19.1 Å². The van der Waals surface area contributed by atoms with Crippen LogP contribution in [0.5, 0.6) is 6.01 Å². The Morgan fingerprint density at radius 1 is 1.20 bits per heavy atom. The van der Waals surface area contributed by atoms with Gasteiger partial charge >= 0.3 is 12.2 Å². The fraction of sp³-hybridized carbons (Fsp3) is 0.516. The summed E-state index contributed by atoms with van der Waals surface area (Å²) in [7, 11) is 0. The molecule has 242 valence electrons. The van der Waals surface area contributed by atoms with Crippen LogP contribution >= 0.6 is 23.4 Å². The highest BCUT2D eigenvalue weighted by Crippen LogP contribution is 2.42. The van der Waals surface area contributed by atoms with Gasteiger partial charge in [-0.1, -0.05) is 11.6 Å². The predicted octanol–water partition coefficient (Wildman–Crippen LogP) is 5.34. The fourth-order valence-electron chi connectivity index (χ4n) is 7.38. The predicted molar refractivity (Wildman–Crippen MR) is 170 cm³/mol. The molecule has 9 rings (SSSR count). The molecule has 1 aromatic carbocycles. The molecule has 0 aliphatic carbocycles. The molecule has 8 heterocycles. The van der Waals surface area contributed by atoms with Crippen molar-refractivity contribution in [2.45, 2.75) is 49.9 Å². The van der Waals surface area contributed by atoms with Crippen LogP contribution in [0, 0.1) is 5.82 Å². The lowest BCUT2D eigenvalue weighted by atomic mass is 9.95. The molecule has 0 saturated carbocycles. The third kappa shape index (κ3) is 5.27. The molecule has 46 heavy (non-hydrogen) atoms. The van der Waals surface area contributed by atoms with Crippen molar-refractivity contribution in [3.8, 4) is 17.3 Å². The fourth-order valence-corrected chi connectivity index (χ4v) is 8.63. The number of nitrogens with zero attached hydrogens (tertiary/aromatic N) is 6. The maximum Gasteiger partial charge on any atom is 0.508 e. The lowest BCUT2D eigenvalue weighted by Gasteiger charge is -2.31. The number of carbonyl (C=O) groups is 1. The number of halogens is 3. The van der Waals surface area contributed by atoms with Crippen molar-refractivity contribution >= 4 is 57.1 Å². The van der Waals surface area contributed by atoms with Crippen molar-refractivity contribution in [2.24, 2.45) is 0 Å². The molecule has 1 N–H and O–H groups in total. The van der Waals surface area contributed by atoms with E-state index in [1.54, 1.807) is 30.2 Å². The van der Waals surface area contributed by atoms with Gasteiger partial charge in [-0.2, -0.15) is 26.8 Å². The van der Waals surface area contributed by atoms with Gasteiger partial charge in [-0.15, -0.1) is 0 Å². The Labute approximate surface area is 272 Å². The van der Waals surface area contributed by atoms with Crippen LogP contribution in [-0.4, -0.2) is 105 Å². The molecule has 6 bridgehead atoms. The van der Waals surface area contributed by atoms with Crippen molar-refractivity contribution in [1.82, 2.24) is 30.0 Å². The number of rotatable bonds is 3. The van der Waals surface area contributed by atoms with Gasteiger partial charge in [0.1, 0.15) is 35.9 Å². The van der Waals surface area contributed by atoms with E-state index in [0.717, 1.165) is 25.1 Å². The summed E-state index contributed by atoms with van der Waals surface area (Å²) in [6.45, 7) is 2.37. The van der Waals surface area contributed by atoms with Crippen molar-refractivity contribution in [1.29, 1.82) is 0 Å².